The number of nitrogens with zero attached hydrogens (tertiary/aromatic N) is 4. The number of carbonyl (C=O) groups excluding carboxylic acids is 1. The van der Waals surface area contributed by atoms with E-state index >= 15 is 0 Å². The number of hydrogen-bond donors (Lipinski definition) is 0. The van der Waals surface area contributed by atoms with Gasteiger partial charge in [-0.3, -0.25) is 9.36 Å². The van der Waals surface area contributed by atoms with Crippen LogP contribution in [-0.2, 0) is 19.6 Å². The predicted molar refractivity (Wildman–Crippen MR) is 97.9 cm³/mol. The second-order valence-electron chi connectivity index (χ2n) is 6.76. The van der Waals surface area contributed by atoms with Gasteiger partial charge in [0.25, 0.3) is 5.91 Å². The number of rotatable bonds is 4. The zero-order chi connectivity index (χ0) is 19.0. The van der Waals surface area contributed by atoms with E-state index in [2.05, 4.69) is 5.10 Å². The van der Waals surface area contributed by atoms with Crippen LogP contribution in [0.4, 0.5) is 4.39 Å². The molecule has 0 atom stereocenters. The monoisotopic (exact) mass is 366 g/mol. The van der Waals surface area contributed by atoms with E-state index in [1.54, 1.807) is 17.0 Å². The summed E-state index contributed by atoms with van der Waals surface area (Å²) in [5.41, 5.74) is 2.50. The molecule has 2 heterocycles. The minimum absolute atomic E-state index is 0.134. The largest absolute Gasteiger partial charge is 0.346 e. The van der Waals surface area contributed by atoms with Gasteiger partial charge < -0.3 is 4.90 Å². The molecule has 0 fully saturated rings. The molecule has 27 heavy (non-hydrogen) atoms. The summed E-state index contributed by atoms with van der Waals surface area (Å²) in [6.07, 6.45) is 0. The van der Waals surface area contributed by atoms with Crippen molar-refractivity contribution in [3.63, 3.8) is 0 Å². The molecular weight excluding hydrogens is 347 g/mol. The van der Waals surface area contributed by atoms with Crippen LogP contribution in [0.5, 0.6) is 0 Å². The molecule has 0 bridgehead atoms. The molecule has 0 radical (unpaired) electrons. The summed E-state index contributed by atoms with van der Waals surface area (Å²) in [7, 11) is 0. The molecule has 1 aromatic heterocycles. The lowest BCUT2D eigenvalue weighted by atomic mass is 10.1. The second-order valence-corrected chi connectivity index (χ2v) is 6.76. The Bertz CT molecular complexity index is 1050. The van der Waals surface area contributed by atoms with E-state index in [0.717, 1.165) is 11.1 Å². The van der Waals surface area contributed by atoms with Crippen LogP contribution in [-0.4, -0.2) is 31.7 Å². The molecule has 4 rings (SSSR count). The van der Waals surface area contributed by atoms with Crippen LogP contribution >= 0.6 is 0 Å². The Labute approximate surface area is 155 Å². The normalized spacial score (nSPS) is 13.7. The third-order valence-electron chi connectivity index (χ3n) is 4.71. The maximum Gasteiger partial charge on any atom is 0.346 e. The van der Waals surface area contributed by atoms with Gasteiger partial charge in [-0.2, -0.15) is 0 Å². The van der Waals surface area contributed by atoms with Gasteiger partial charge >= 0.3 is 5.69 Å². The number of amides is 1. The number of fused-ring (bicyclic) bond motifs is 1. The molecule has 1 aliphatic rings. The highest BCUT2D eigenvalue weighted by molar-refractivity contribution is 5.91. The van der Waals surface area contributed by atoms with Gasteiger partial charge in [-0.15, -0.1) is 5.10 Å². The summed E-state index contributed by atoms with van der Waals surface area (Å²) in [5, 5.41) is 4.26. The van der Waals surface area contributed by atoms with Crippen molar-refractivity contribution in [2.24, 2.45) is 0 Å². The summed E-state index contributed by atoms with van der Waals surface area (Å²) in [6.45, 7) is 3.37. The Kier molecular flexibility index (Phi) is 4.35. The van der Waals surface area contributed by atoms with E-state index in [1.165, 1.54) is 21.4 Å². The summed E-state index contributed by atoms with van der Waals surface area (Å²) in [6, 6.07) is 14.0. The molecule has 2 aromatic carbocycles. The molecule has 7 heteroatoms. The standard InChI is InChI=1S/C20H19FN4O2/c1-14-5-7-15(8-6-14)13-25-20(27)24-10-9-23(19(26)18(24)22-25)12-16-3-2-4-17(21)11-16/h2-8,11H,9-10,12-13H2,1H3. The fraction of sp³-hybridized carbons (Fsp3) is 0.250. The molecule has 0 saturated heterocycles. The third-order valence-corrected chi connectivity index (χ3v) is 4.71. The van der Waals surface area contributed by atoms with Crippen molar-refractivity contribution in [1.82, 2.24) is 19.2 Å². The maximum atomic E-state index is 13.4. The van der Waals surface area contributed by atoms with Crippen LogP contribution in [0.15, 0.2) is 53.3 Å². The van der Waals surface area contributed by atoms with Gasteiger partial charge in [0, 0.05) is 19.6 Å². The van der Waals surface area contributed by atoms with Gasteiger partial charge in [-0.25, -0.2) is 13.9 Å². The summed E-state index contributed by atoms with van der Waals surface area (Å²) in [4.78, 5) is 26.9. The average molecular weight is 366 g/mol. The van der Waals surface area contributed by atoms with E-state index in [9.17, 15) is 14.0 Å². The van der Waals surface area contributed by atoms with Crippen molar-refractivity contribution < 1.29 is 9.18 Å². The number of hydrogen-bond acceptors (Lipinski definition) is 3. The highest BCUT2D eigenvalue weighted by atomic mass is 19.1. The van der Waals surface area contributed by atoms with Gasteiger partial charge in [-0.05, 0) is 30.2 Å². The van der Waals surface area contributed by atoms with Gasteiger partial charge in [0.15, 0.2) is 0 Å². The number of halogens is 1. The Balaban J connectivity index is 1.57. The molecule has 0 saturated carbocycles. The molecular formula is C20H19FN4O2. The van der Waals surface area contributed by atoms with Crippen LogP contribution in [0, 0.1) is 12.7 Å². The predicted octanol–water partition coefficient (Wildman–Crippen LogP) is 2.20. The summed E-state index contributed by atoms with van der Waals surface area (Å²) in [5.74, 6) is -0.517. The molecule has 6 nitrogen and oxygen atoms in total. The minimum atomic E-state index is -0.337. The molecule has 0 unspecified atom stereocenters. The first-order chi connectivity index (χ1) is 13.0. The van der Waals surface area contributed by atoms with Gasteiger partial charge in [0.2, 0.25) is 5.82 Å². The number of aryl methyl sites for hydroxylation is 1. The Morgan fingerprint density at radius 1 is 1.00 bits per heavy atom. The first-order valence-corrected chi connectivity index (χ1v) is 8.78. The molecule has 138 valence electrons. The Morgan fingerprint density at radius 3 is 2.52 bits per heavy atom. The Morgan fingerprint density at radius 2 is 1.78 bits per heavy atom. The van der Waals surface area contributed by atoms with Crippen molar-refractivity contribution in [1.29, 1.82) is 0 Å². The highest BCUT2D eigenvalue weighted by Crippen LogP contribution is 2.14. The topological polar surface area (TPSA) is 60.1 Å². The lowest BCUT2D eigenvalue weighted by Gasteiger charge is -2.26. The van der Waals surface area contributed by atoms with E-state index < -0.39 is 0 Å². The van der Waals surface area contributed by atoms with E-state index in [0.29, 0.717) is 25.2 Å². The van der Waals surface area contributed by atoms with Crippen molar-refractivity contribution in [3.05, 3.63) is 87.3 Å². The molecule has 0 N–H and O–H groups in total. The molecule has 3 aromatic rings. The number of aromatic nitrogens is 3. The fourth-order valence-electron chi connectivity index (χ4n) is 3.24. The zero-order valence-corrected chi connectivity index (χ0v) is 14.9. The third kappa shape index (κ3) is 3.40. The lowest BCUT2D eigenvalue weighted by molar-refractivity contribution is 0.0681. The quantitative estimate of drug-likeness (QED) is 0.711. The smallest absolute Gasteiger partial charge is 0.330 e. The molecule has 0 aliphatic carbocycles. The van der Waals surface area contributed by atoms with Crippen LogP contribution in [0.25, 0.3) is 0 Å². The van der Waals surface area contributed by atoms with Crippen LogP contribution in [0.1, 0.15) is 27.3 Å². The average Bonchev–Trinajstić information content (AvgIpc) is 2.96. The lowest BCUT2D eigenvalue weighted by Crippen LogP contribution is -2.42. The molecule has 1 aliphatic heterocycles. The second kappa shape index (κ2) is 6.83. The van der Waals surface area contributed by atoms with Gasteiger partial charge in [-0.1, -0.05) is 42.0 Å². The first kappa shape index (κ1) is 17.2. The number of carbonyl (C=O) groups is 1. The van der Waals surface area contributed by atoms with Crippen molar-refractivity contribution >= 4 is 5.91 Å². The van der Waals surface area contributed by atoms with Crippen LogP contribution in [0.3, 0.4) is 0 Å². The van der Waals surface area contributed by atoms with E-state index in [1.807, 2.05) is 31.2 Å². The zero-order valence-electron chi connectivity index (χ0n) is 14.9. The van der Waals surface area contributed by atoms with E-state index in [4.69, 9.17) is 0 Å². The van der Waals surface area contributed by atoms with E-state index in [-0.39, 0.29) is 29.8 Å². The fourth-order valence-corrected chi connectivity index (χ4v) is 3.24. The van der Waals surface area contributed by atoms with Crippen molar-refractivity contribution in [2.45, 2.75) is 26.6 Å². The SMILES string of the molecule is Cc1ccc(Cn2nc3n(c2=O)CCN(Cc2cccc(F)c2)C3=O)cc1. The highest BCUT2D eigenvalue weighted by Gasteiger charge is 2.29. The molecule has 1 amide bonds. The summed E-state index contributed by atoms with van der Waals surface area (Å²) < 4.78 is 16.1. The summed E-state index contributed by atoms with van der Waals surface area (Å²) >= 11 is 0. The number of benzene rings is 2. The van der Waals surface area contributed by atoms with Gasteiger partial charge in [0.1, 0.15) is 5.82 Å². The minimum Gasteiger partial charge on any atom is -0.330 e. The first-order valence-electron chi connectivity index (χ1n) is 8.78. The Hall–Kier alpha value is -3.22. The van der Waals surface area contributed by atoms with Crippen molar-refractivity contribution in [2.75, 3.05) is 6.54 Å². The maximum absolute atomic E-state index is 13.4. The van der Waals surface area contributed by atoms with Gasteiger partial charge in [0.05, 0.1) is 6.54 Å². The molecule has 0 spiro atoms. The van der Waals surface area contributed by atoms with Crippen LogP contribution < -0.4 is 5.69 Å². The van der Waals surface area contributed by atoms with Crippen molar-refractivity contribution in [3.8, 4) is 0 Å². The van der Waals surface area contributed by atoms with Crippen LogP contribution in [0.2, 0.25) is 0 Å².